The molecule has 7 nitrogen and oxygen atoms in total. The van der Waals surface area contributed by atoms with Gasteiger partial charge in [0.15, 0.2) is 5.00 Å². The summed E-state index contributed by atoms with van der Waals surface area (Å²) in [6, 6.07) is 40.9. The molecule has 7 aromatic rings. The Morgan fingerprint density at radius 1 is 0.604 bits per heavy atom. The van der Waals surface area contributed by atoms with E-state index in [2.05, 4.69) is 65.6 Å². The smallest absolute Gasteiger partial charge is 0.209 e. The standard InChI is InChI=1S/C38H29N7S3/c1-24-33(46-35(39-24)27-17-9-4-10-18-27)30-23-31(26-15-7-3-8-16-26)45(44-30)38-41-32(37(48-38)43-42-29-21-13-6-14-22-29)34-25(2)40-36(47-34)28-19-11-5-12-20-28/h3-22,31H,23H2,1-2H3. The average Bonchev–Trinajstić information content (AvgIpc) is 3.94. The van der Waals surface area contributed by atoms with Crippen LogP contribution in [0.2, 0.25) is 0 Å². The Balaban J connectivity index is 1.24. The number of azo groups is 1. The predicted octanol–water partition coefficient (Wildman–Crippen LogP) is 11.4. The molecule has 1 unspecified atom stereocenters. The number of hydrogen-bond donors (Lipinski definition) is 0. The van der Waals surface area contributed by atoms with Gasteiger partial charge in [-0.25, -0.2) is 20.0 Å². The Bertz CT molecular complexity index is 2240. The number of aromatic nitrogens is 3. The summed E-state index contributed by atoms with van der Waals surface area (Å²) in [6.07, 6.45) is 0.731. The Hall–Kier alpha value is -5.16. The molecule has 0 N–H and O–H groups in total. The van der Waals surface area contributed by atoms with Crippen molar-refractivity contribution < 1.29 is 0 Å². The van der Waals surface area contributed by atoms with Crippen molar-refractivity contribution in [3.05, 3.63) is 143 Å². The van der Waals surface area contributed by atoms with E-state index in [1.165, 1.54) is 16.9 Å². The summed E-state index contributed by atoms with van der Waals surface area (Å²) >= 11 is 4.82. The normalized spacial score (nSPS) is 14.6. The maximum atomic E-state index is 5.28. The van der Waals surface area contributed by atoms with E-state index in [9.17, 15) is 0 Å². The van der Waals surface area contributed by atoms with Crippen LogP contribution in [0.5, 0.6) is 0 Å². The number of hydrogen-bond acceptors (Lipinski definition) is 10. The molecule has 0 saturated carbocycles. The summed E-state index contributed by atoms with van der Waals surface area (Å²) in [7, 11) is 0. The van der Waals surface area contributed by atoms with Crippen LogP contribution in [0, 0.1) is 13.8 Å². The van der Waals surface area contributed by atoms with E-state index in [1.54, 1.807) is 22.7 Å². The van der Waals surface area contributed by atoms with Crippen molar-refractivity contribution in [2.75, 3.05) is 5.01 Å². The number of aryl methyl sites for hydroxylation is 2. The zero-order valence-electron chi connectivity index (χ0n) is 26.2. The van der Waals surface area contributed by atoms with Crippen molar-refractivity contribution >= 4 is 55.5 Å². The van der Waals surface area contributed by atoms with E-state index in [0.717, 1.165) is 75.9 Å². The third-order valence-electron chi connectivity index (χ3n) is 8.01. The summed E-state index contributed by atoms with van der Waals surface area (Å²) in [5, 5.41) is 20.1. The molecule has 4 aromatic carbocycles. The summed E-state index contributed by atoms with van der Waals surface area (Å²) in [5.41, 5.74) is 7.80. The van der Waals surface area contributed by atoms with Crippen molar-refractivity contribution in [2.24, 2.45) is 15.3 Å². The molecule has 3 aromatic heterocycles. The van der Waals surface area contributed by atoms with Gasteiger partial charge in [0.1, 0.15) is 15.7 Å². The van der Waals surface area contributed by atoms with E-state index in [4.69, 9.17) is 25.2 Å². The lowest BCUT2D eigenvalue weighted by Crippen LogP contribution is -2.18. The summed E-state index contributed by atoms with van der Waals surface area (Å²) in [5.74, 6) is 0. The van der Waals surface area contributed by atoms with Gasteiger partial charge in [-0.3, -0.25) is 0 Å². The molecule has 8 rings (SSSR count). The second-order valence-corrected chi connectivity index (χ2v) is 14.3. The molecule has 0 amide bonds. The van der Waals surface area contributed by atoms with Crippen molar-refractivity contribution in [1.82, 2.24) is 15.0 Å². The molecule has 4 heterocycles. The Kier molecular flexibility index (Phi) is 8.27. The number of anilines is 1. The first-order chi connectivity index (χ1) is 23.6. The second kappa shape index (κ2) is 13.2. The van der Waals surface area contributed by atoms with Crippen molar-refractivity contribution in [2.45, 2.75) is 26.3 Å². The van der Waals surface area contributed by atoms with Crippen LogP contribution in [-0.2, 0) is 0 Å². The minimum absolute atomic E-state index is 0.0387. The number of nitrogens with zero attached hydrogens (tertiary/aromatic N) is 7. The molecule has 1 aliphatic heterocycles. The molecular weight excluding hydrogens is 651 g/mol. The van der Waals surface area contributed by atoms with Crippen molar-refractivity contribution in [1.29, 1.82) is 0 Å². The molecule has 0 saturated heterocycles. The lowest BCUT2D eigenvalue weighted by Gasteiger charge is -2.21. The molecule has 0 fully saturated rings. The second-order valence-electron chi connectivity index (χ2n) is 11.3. The van der Waals surface area contributed by atoms with Gasteiger partial charge in [0.2, 0.25) is 5.13 Å². The van der Waals surface area contributed by atoms with Gasteiger partial charge in [0, 0.05) is 17.5 Å². The third-order valence-corrected chi connectivity index (χ3v) is 11.4. The molecule has 0 radical (unpaired) electrons. The zero-order chi connectivity index (χ0) is 32.5. The van der Waals surface area contributed by atoms with E-state index in [0.29, 0.717) is 0 Å². The quantitative estimate of drug-likeness (QED) is 0.150. The Morgan fingerprint density at radius 2 is 1.15 bits per heavy atom. The first-order valence-corrected chi connectivity index (χ1v) is 18.0. The zero-order valence-corrected chi connectivity index (χ0v) is 28.6. The van der Waals surface area contributed by atoms with E-state index < -0.39 is 0 Å². The van der Waals surface area contributed by atoms with E-state index >= 15 is 0 Å². The first-order valence-electron chi connectivity index (χ1n) is 15.6. The van der Waals surface area contributed by atoms with Crippen LogP contribution in [0.15, 0.2) is 137 Å². The highest BCUT2D eigenvalue weighted by molar-refractivity contribution is 7.21. The maximum Gasteiger partial charge on any atom is 0.209 e. The van der Waals surface area contributed by atoms with E-state index in [-0.39, 0.29) is 6.04 Å². The minimum Gasteiger partial charge on any atom is -0.241 e. The molecule has 10 heteroatoms. The number of thiazole rings is 3. The van der Waals surface area contributed by atoms with Crippen LogP contribution in [0.3, 0.4) is 0 Å². The van der Waals surface area contributed by atoms with Gasteiger partial charge >= 0.3 is 0 Å². The van der Waals surface area contributed by atoms with Crippen LogP contribution in [0.25, 0.3) is 31.7 Å². The van der Waals surface area contributed by atoms with Gasteiger partial charge in [-0.15, -0.1) is 32.9 Å². The van der Waals surface area contributed by atoms with Crippen LogP contribution in [0.4, 0.5) is 15.8 Å². The largest absolute Gasteiger partial charge is 0.241 e. The lowest BCUT2D eigenvalue weighted by molar-refractivity contribution is 0.706. The van der Waals surface area contributed by atoms with Crippen LogP contribution < -0.4 is 5.01 Å². The van der Waals surface area contributed by atoms with Crippen LogP contribution in [-0.4, -0.2) is 20.7 Å². The fourth-order valence-electron chi connectivity index (χ4n) is 5.66. The van der Waals surface area contributed by atoms with Crippen molar-refractivity contribution in [3.8, 4) is 31.7 Å². The minimum atomic E-state index is -0.0387. The highest BCUT2D eigenvalue weighted by atomic mass is 32.1. The SMILES string of the molecule is Cc1nc(-c2ccccc2)sc1C1=NN(c2nc(-c3sc(-c4ccccc4)nc3C)c(N=Nc3ccccc3)s2)C(c2ccccc2)C1. The Labute approximate surface area is 290 Å². The van der Waals surface area contributed by atoms with Crippen LogP contribution in [0.1, 0.15) is 34.3 Å². The molecule has 1 aliphatic rings. The molecule has 1 atom stereocenters. The fraction of sp³-hybridized carbons (Fsp3) is 0.105. The number of rotatable bonds is 8. The molecule has 0 bridgehead atoms. The molecule has 234 valence electrons. The van der Waals surface area contributed by atoms with Gasteiger partial charge in [0.25, 0.3) is 0 Å². The van der Waals surface area contributed by atoms with Gasteiger partial charge in [-0.2, -0.15) is 5.10 Å². The van der Waals surface area contributed by atoms with Gasteiger partial charge in [-0.1, -0.05) is 121 Å². The number of benzene rings is 4. The van der Waals surface area contributed by atoms with Gasteiger partial charge in [-0.05, 0) is 31.5 Å². The monoisotopic (exact) mass is 679 g/mol. The molecule has 0 aliphatic carbocycles. The highest BCUT2D eigenvalue weighted by Crippen LogP contribution is 2.48. The summed E-state index contributed by atoms with van der Waals surface area (Å²) in [6.45, 7) is 4.10. The number of hydrazone groups is 1. The van der Waals surface area contributed by atoms with Gasteiger partial charge in [0.05, 0.1) is 38.6 Å². The first kappa shape index (κ1) is 30.2. The Morgan fingerprint density at radius 3 is 1.77 bits per heavy atom. The summed E-state index contributed by atoms with van der Waals surface area (Å²) in [4.78, 5) is 17.2. The molecule has 0 spiro atoms. The maximum absolute atomic E-state index is 5.28. The predicted molar refractivity (Wildman–Crippen MR) is 199 cm³/mol. The molecular formula is C38H29N7S3. The topological polar surface area (TPSA) is 79.0 Å². The third kappa shape index (κ3) is 6.01. The van der Waals surface area contributed by atoms with Gasteiger partial charge < -0.3 is 0 Å². The fourth-order valence-corrected chi connectivity index (χ4v) is 8.75. The van der Waals surface area contributed by atoms with E-state index in [1.807, 2.05) is 79.7 Å². The summed E-state index contributed by atoms with van der Waals surface area (Å²) < 4.78 is 0. The van der Waals surface area contributed by atoms with Crippen molar-refractivity contribution in [3.63, 3.8) is 0 Å². The highest BCUT2D eigenvalue weighted by Gasteiger charge is 2.34. The lowest BCUT2D eigenvalue weighted by atomic mass is 10.0. The van der Waals surface area contributed by atoms with Crippen LogP contribution >= 0.6 is 34.0 Å². The average molecular weight is 680 g/mol. The molecule has 48 heavy (non-hydrogen) atoms.